The van der Waals surface area contributed by atoms with Gasteiger partial charge in [-0.1, -0.05) is 0 Å². The summed E-state index contributed by atoms with van der Waals surface area (Å²) in [5.74, 6) is -1.73. The highest BCUT2D eigenvalue weighted by Crippen LogP contribution is 2.47. The number of hydrogen-bond donors (Lipinski definition) is 0. The molecular weight excluding hydrogens is 289 g/mol. The van der Waals surface area contributed by atoms with E-state index in [9.17, 15) is 14.0 Å². The summed E-state index contributed by atoms with van der Waals surface area (Å²) in [6, 6.07) is 0. The number of carbonyl (C=O) groups excluding carboxylic acids is 2. The fourth-order valence-electron chi connectivity index (χ4n) is 2.48. The number of rotatable bonds is 6. The molecule has 0 aromatic heterocycles. The Bertz CT molecular complexity index is 526. The van der Waals surface area contributed by atoms with E-state index < -0.39 is 17.4 Å². The summed E-state index contributed by atoms with van der Waals surface area (Å²) >= 11 is 0. The molecule has 0 aromatic rings. The second-order valence-electron chi connectivity index (χ2n) is 5.12. The smallest absolute Gasteiger partial charge is 0.324 e. The minimum Gasteiger partial charge on any atom is -0.465 e. The zero-order valence-corrected chi connectivity index (χ0v) is 13.5. The van der Waals surface area contributed by atoms with Crippen molar-refractivity contribution in [3.8, 4) is 0 Å². The van der Waals surface area contributed by atoms with Crippen molar-refractivity contribution in [2.45, 2.75) is 40.5 Å². The largest absolute Gasteiger partial charge is 0.465 e. The second-order valence-corrected chi connectivity index (χ2v) is 5.12. The summed E-state index contributed by atoms with van der Waals surface area (Å²) in [4.78, 5) is 28.6. The van der Waals surface area contributed by atoms with Gasteiger partial charge >= 0.3 is 11.9 Å². The molecule has 0 N–H and O–H groups in total. The Morgan fingerprint density at radius 3 is 2.05 bits per heavy atom. The number of aliphatic imine (C=N–C) groups is 1. The number of carbonyl (C=O) groups is 2. The number of halogens is 1. The van der Waals surface area contributed by atoms with E-state index in [2.05, 4.69) is 11.7 Å². The van der Waals surface area contributed by atoms with E-state index in [1.807, 2.05) is 0 Å². The first-order chi connectivity index (χ1) is 10.3. The van der Waals surface area contributed by atoms with Crippen molar-refractivity contribution >= 4 is 18.7 Å². The maximum Gasteiger partial charge on any atom is 0.324 e. The van der Waals surface area contributed by atoms with E-state index in [0.29, 0.717) is 16.8 Å². The lowest BCUT2D eigenvalue weighted by atomic mass is 9.83. The van der Waals surface area contributed by atoms with Crippen LogP contribution in [0.2, 0.25) is 0 Å². The van der Waals surface area contributed by atoms with Crippen LogP contribution in [0.15, 0.2) is 27.7 Å². The third kappa shape index (κ3) is 3.26. The van der Waals surface area contributed by atoms with Crippen molar-refractivity contribution in [1.29, 1.82) is 0 Å². The summed E-state index contributed by atoms with van der Waals surface area (Å²) < 4.78 is 23.6. The quantitative estimate of drug-likeness (QED) is 0.429. The molecule has 1 aliphatic carbocycles. The Hall–Kier alpha value is -1.98. The van der Waals surface area contributed by atoms with Gasteiger partial charge in [-0.3, -0.25) is 14.6 Å². The molecule has 22 heavy (non-hydrogen) atoms. The van der Waals surface area contributed by atoms with E-state index in [0.717, 1.165) is 0 Å². The van der Waals surface area contributed by atoms with E-state index >= 15 is 0 Å². The Morgan fingerprint density at radius 2 is 1.68 bits per heavy atom. The molecule has 0 radical (unpaired) electrons. The average Bonchev–Trinajstić information content (AvgIpc) is 2.87. The lowest BCUT2D eigenvalue weighted by molar-refractivity contribution is -0.171. The lowest BCUT2D eigenvalue weighted by Gasteiger charge is -2.24. The fourth-order valence-corrected chi connectivity index (χ4v) is 2.48. The van der Waals surface area contributed by atoms with Crippen molar-refractivity contribution in [2.24, 2.45) is 10.4 Å². The zero-order valence-electron chi connectivity index (χ0n) is 13.5. The van der Waals surface area contributed by atoms with Gasteiger partial charge in [-0.15, -0.1) is 0 Å². The van der Waals surface area contributed by atoms with Gasteiger partial charge in [0, 0.05) is 18.5 Å². The highest BCUT2D eigenvalue weighted by molar-refractivity contribution is 6.01. The molecule has 1 aliphatic rings. The van der Waals surface area contributed by atoms with Crippen molar-refractivity contribution in [2.75, 3.05) is 13.2 Å². The van der Waals surface area contributed by atoms with E-state index in [4.69, 9.17) is 9.47 Å². The summed E-state index contributed by atoms with van der Waals surface area (Å²) in [5, 5.41) is 0. The molecule has 0 aliphatic heterocycles. The molecule has 0 unspecified atom stereocenters. The van der Waals surface area contributed by atoms with Crippen LogP contribution < -0.4 is 0 Å². The number of esters is 2. The normalized spacial score (nSPS) is 17.9. The summed E-state index contributed by atoms with van der Waals surface area (Å²) in [5.41, 5.74) is -0.209. The van der Waals surface area contributed by atoms with Crippen LogP contribution in [0, 0.1) is 5.41 Å². The van der Waals surface area contributed by atoms with Crippen LogP contribution in [0.25, 0.3) is 0 Å². The maximum atomic E-state index is 13.6. The van der Waals surface area contributed by atoms with Crippen LogP contribution in [-0.2, 0) is 19.1 Å². The van der Waals surface area contributed by atoms with Crippen LogP contribution in [-0.4, -0.2) is 31.9 Å². The monoisotopic (exact) mass is 311 g/mol. The molecule has 1 rings (SSSR count). The van der Waals surface area contributed by atoms with Crippen LogP contribution in [0.1, 0.15) is 40.5 Å². The van der Waals surface area contributed by atoms with Gasteiger partial charge in [0.1, 0.15) is 5.83 Å². The predicted molar refractivity (Wildman–Crippen MR) is 81.0 cm³/mol. The number of ether oxygens (including phenoxy) is 2. The number of allylic oxidation sites excluding steroid dienone is 4. The average molecular weight is 311 g/mol. The standard InChI is InChI=1S/C16H22FNO4/c1-6-21-14(19)16(15(20)22-7-2)8-12(10(3)11(4)17)13(9-16)18-5/h5-9H2,1-4H3/b11-10+. The minimum absolute atomic E-state index is 0.00606. The van der Waals surface area contributed by atoms with Crippen LogP contribution in [0.4, 0.5) is 4.39 Å². The zero-order chi connectivity index (χ0) is 16.9. The molecule has 0 saturated heterocycles. The topological polar surface area (TPSA) is 65.0 Å². The lowest BCUT2D eigenvalue weighted by Crippen LogP contribution is -2.40. The third-order valence-electron chi connectivity index (χ3n) is 3.79. The molecule has 0 spiro atoms. The molecule has 5 nitrogen and oxygen atoms in total. The minimum atomic E-state index is -1.51. The van der Waals surface area contributed by atoms with Crippen molar-refractivity contribution in [3.05, 3.63) is 22.7 Å². The first-order valence-corrected chi connectivity index (χ1v) is 7.20. The first kappa shape index (κ1) is 18.1. The molecule has 0 saturated carbocycles. The van der Waals surface area contributed by atoms with Gasteiger partial charge in [0.2, 0.25) is 0 Å². The van der Waals surface area contributed by atoms with Gasteiger partial charge in [0.25, 0.3) is 0 Å². The van der Waals surface area contributed by atoms with Gasteiger partial charge in [0.05, 0.1) is 13.2 Å². The molecule has 122 valence electrons. The van der Waals surface area contributed by atoms with Gasteiger partial charge < -0.3 is 9.47 Å². The van der Waals surface area contributed by atoms with Crippen molar-refractivity contribution < 1.29 is 23.5 Å². The second kappa shape index (κ2) is 7.33. The Balaban J connectivity index is 3.30. The summed E-state index contributed by atoms with van der Waals surface area (Å²) in [6.45, 7) is 9.95. The molecule has 6 heteroatoms. The molecular formula is C16H22FNO4. The Labute approximate surface area is 129 Å². The van der Waals surface area contributed by atoms with Crippen LogP contribution in [0.3, 0.4) is 0 Å². The molecule has 0 bridgehead atoms. The third-order valence-corrected chi connectivity index (χ3v) is 3.79. The molecule has 0 fully saturated rings. The Kier molecular flexibility index (Phi) is 6.02. The molecule has 0 amide bonds. The van der Waals surface area contributed by atoms with E-state index in [1.54, 1.807) is 20.8 Å². The summed E-state index contributed by atoms with van der Waals surface area (Å²) in [7, 11) is 0. The molecule has 0 heterocycles. The fraction of sp³-hybridized carbons (Fsp3) is 0.562. The highest BCUT2D eigenvalue weighted by Gasteiger charge is 2.54. The van der Waals surface area contributed by atoms with E-state index in [1.165, 1.54) is 6.92 Å². The predicted octanol–water partition coefficient (Wildman–Crippen LogP) is 3.11. The Morgan fingerprint density at radius 1 is 1.18 bits per heavy atom. The van der Waals surface area contributed by atoms with E-state index in [-0.39, 0.29) is 31.9 Å². The number of hydrogen-bond acceptors (Lipinski definition) is 5. The van der Waals surface area contributed by atoms with Gasteiger partial charge in [-0.05, 0) is 45.6 Å². The van der Waals surface area contributed by atoms with Gasteiger partial charge in [0.15, 0.2) is 5.41 Å². The van der Waals surface area contributed by atoms with Crippen molar-refractivity contribution in [3.63, 3.8) is 0 Å². The van der Waals surface area contributed by atoms with Gasteiger partial charge in [-0.25, -0.2) is 4.39 Å². The highest BCUT2D eigenvalue weighted by atomic mass is 19.1. The summed E-state index contributed by atoms with van der Waals surface area (Å²) in [6.07, 6.45) is 0.0141. The van der Waals surface area contributed by atoms with Gasteiger partial charge in [-0.2, -0.15) is 0 Å². The van der Waals surface area contributed by atoms with Crippen LogP contribution >= 0.6 is 0 Å². The molecule has 0 aromatic carbocycles. The molecule has 0 atom stereocenters. The van der Waals surface area contributed by atoms with Crippen molar-refractivity contribution in [1.82, 2.24) is 0 Å². The first-order valence-electron chi connectivity index (χ1n) is 7.20. The maximum absolute atomic E-state index is 13.6. The van der Waals surface area contributed by atoms with Crippen LogP contribution in [0.5, 0.6) is 0 Å². The SMILES string of the molecule is C=NC1=C(/C(C)=C(\C)F)CC(C(=O)OCC)(C(=O)OCC)C1. The number of nitrogens with zero attached hydrogens (tertiary/aromatic N) is 1.